The second kappa shape index (κ2) is 5.45. The van der Waals surface area contributed by atoms with Gasteiger partial charge >= 0.3 is 0 Å². The average Bonchev–Trinajstić information content (AvgIpc) is 2.36. The maximum absolute atomic E-state index is 9.39. The quantitative estimate of drug-likeness (QED) is 0.827. The predicted octanol–water partition coefficient (Wildman–Crippen LogP) is 2.33. The molecule has 0 aliphatic rings. The Morgan fingerprint density at radius 3 is 2.79 bits per heavy atom. The molecule has 1 unspecified atom stereocenters. The van der Waals surface area contributed by atoms with Gasteiger partial charge < -0.3 is 15.7 Å². The number of fused-ring (bicyclic) bond motifs is 1. The van der Waals surface area contributed by atoms with E-state index in [9.17, 15) is 5.11 Å². The van der Waals surface area contributed by atoms with E-state index in [1.54, 1.807) is 0 Å². The van der Waals surface area contributed by atoms with Crippen molar-refractivity contribution in [3.63, 3.8) is 0 Å². The number of hydrogen-bond acceptors (Lipinski definition) is 4. The van der Waals surface area contributed by atoms with E-state index in [2.05, 4.69) is 16.0 Å². The Balaban J connectivity index is 2.42. The lowest BCUT2D eigenvalue weighted by atomic mass is 10.1. The molecule has 2 rings (SSSR count). The summed E-state index contributed by atoms with van der Waals surface area (Å²) < 4.78 is 0. The molecule has 1 aromatic heterocycles. The van der Waals surface area contributed by atoms with Crippen molar-refractivity contribution in [2.24, 2.45) is 0 Å². The average molecular weight is 259 g/mol. The summed E-state index contributed by atoms with van der Waals surface area (Å²) in [6.45, 7) is 4.59. The van der Waals surface area contributed by atoms with Gasteiger partial charge in [0.15, 0.2) is 0 Å². The lowest BCUT2D eigenvalue weighted by Crippen LogP contribution is -2.22. The highest BCUT2D eigenvalue weighted by molar-refractivity contribution is 6.01. The van der Waals surface area contributed by atoms with Crippen LogP contribution in [0.3, 0.4) is 0 Å². The van der Waals surface area contributed by atoms with Crippen LogP contribution in [0, 0.1) is 6.92 Å². The van der Waals surface area contributed by atoms with Crippen molar-refractivity contribution in [2.75, 3.05) is 24.2 Å². The summed E-state index contributed by atoms with van der Waals surface area (Å²) in [4.78, 5) is 6.45. The lowest BCUT2D eigenvalue weighted by molar-refractivity contribution is 0.187. The minimum atomic E-state index is -0.286. The minimum Gasteiger partial charge on any atom is -0.398 e. The summed E-state index contributed by atoms with van der Waals surface area (Å²) in [5, 5.41) is 11.5. The van der Waals surface area contributed by atoms with Crippen molar-refractivity contribution in [2.45, 2.75) is 26.4 Å². The molecule has 19 heavy (non-hydrogen) atoms. The van der Waals surface area contributed by atoms with Crippen LogP contribution >= 0.6 is 0 Å². The van der Waals surface area contributed by atoms with Crippen LogP contribution in [0.4, 0.5) is 11.4 Å². The summed E-state index contributed by atoms with van der Waals surface area (Å²) in [5.41, 5.74) is 8.84. The van der Waals surface area contributed by atoms with E-state index in [-0.39, 0.29) is 6.10 Å². The molecule has 4 nitrogen and oxygen atoms in total. The van der Waals surface area contributed by atoms with Crippen molar-refractivity contribution >= 4 is 22.1 Å². The van der Waals surface area contributed by atoms with Gasteiger partial charge in [-0.1, -0.05) is 0 Å². The molecule has 0 aliphatic heterocycles. The SMILES string of the molecule is Cc1cc2c(N(C)CCC(C)O)ccc(N)c2cn1. The number of nitrogens with zero attached hydrogens (tertiary/aromatic N) is 2. The van der Waals surface area contributed by atoms with Gasteiger partial charge in [0.2, 0.25) is 0 Å². The molecule has 0 radical (unpaired) electrons. The fourth-order valence-electron chi connectivity index (χ4n) is 2.18. The van der Waals surface area contributed by atoms with Gasteiger partial charge in [0.25, 0.3) is 0 Å². The largest absolute Gasteiger partial charge is 0.398 e. The first kappa shape index (κ1) is 13.6. The number of anilines is 2. The normalized spacial score (nSPS) is 12.6. The Morgan fingerprint density at radius 1 is 1.37 bits per heavy atom. The van der Waals surface area contributed by atoms with Crippen LogP contribution < -0.4 is 10.6 Å². The van der Waals surface area contributed by atoms with Crippen molar-refractivity contribution in [3.8, 4) is 0 Å². The van der Waals surface area contributed by atoms with E-state index in [1.165, 1.54) is 0 Å². The van der Waals surface area contributed by atoms with Crippen LogP contribution in [0.15, 0.2) is 24.4 Å². The number of rotatable bonds is 4. The first-order valence-electron chi connectivity index (χ1n) is 6.53. The van der Waals surface area contributed by atoms with Gasteiger partial charge in [-0.3, -0.25) is 4.98 Å². The van der Waals surface area contributed by atoms with Gasteiger partial charge in [-0.05, 0) is 38.5 Å². The third-order valence-electron chi connectivity index (χ3n) is 3.34. The zero-order chi connectivity index (χ0) is 14.0. The Hall–Kier alpha value is -1.81. The number of aliphatic hydroxyl groups excluding tert-OH is 1. The highest BCUT2D eigenvalue weighted by atomic mass is 16.3. The number of pyridine rings is 1. The molecular weight excluding hydrogens is 238 g/mol. The van der Waals surface area contributed by atoms with Gasteiger partial charge in [0.05, 0.1) is 6.10 Å². The molecule has 3 N–H and O–H groups in total. The zero-order valence-electron chi connectivity index (χ0n) is 11.7. The van der Waals surface area contributed by atoms with Crippen LogP contribution in [0.5, 0.6) is 0 Å². The van der Waals surface area contributed by atoms with Crippen LogP contribution in [0.25, 0.3) is 10.8 Å². The maximum atomic E-state index is 9.39. The molecule has 0 fully saturated rings. The highest BCUT2D eigenvalue weighted by Gasteiger charge is 2.09. The number of nitrogens with two attached hydrogens (primary N) is 1. The number of aliphatic hydroxyl groups is 1. The molecule has 0 bridgehead atoms. The van der Waals surface area contributed by atoms with Crippen molar-refractivity contribution in [1.29, 1.82) is 0 Å². The molecule has 0 amide bonds. The maximum Gasteiger partial charge on any atom is 0.0528 e. The fraction of sp³-hybridized carbons (Fsp3) is 0.400. The Labute approximate surface area is 113 Å². The molecule has 1 heterocycles. The molecule has 4 heteroatoms. The Morgan fingerprint density at radius 2 is 2.11 bits per heavy atom. The van der Waals surface area contributed by atoms with Crippen molar-refractivity contribution in [3.05, 3.63) is 30.1 Å². The van der Waals surface area contributed by atoms with E-state index in [4.69, 9.17) is 5.73 Å². The third kappa shape index (κ3) is 2.96. The second-order valence-electron chi connectivity index (χ2n) is 5.10. The lowest BCUT2D eigenvalue weighted by Gasteiger charge is -2.22. The van der Waals surface area contributed by atoms with Crippen LogP contribution in [-0.2, 0) is 0 Å². The molecule has 0 saturated heterocycles. The molecule has 0 spiro atoms. The molecular formula is C15H21N3O. The number of aryl methyl sites for hydroxylation is 1. The summed E-state index contributed by atoms with van der Waals surface area (Å²) in [5.74, 6) is 0. The molecule has 2 aromatic rings. The van der Waals surface area contributed by atoms with Gasteiger partial charge in [-0.25, -0.2) is 0 Å². The fourth-order valence-corrected chi connectivity index (χ4v) is 2.18. The summed E-state index contributed by atoms with van der Waals surface area (Å²) in [6.07, 6.45) is 2.28. The van der Waals surface area contributed by atoms with Gasteiger partial charge in [0.1, 0.15) is 0 Å². The molecule has 1 atom stereocenters. The first-order chi connectivity index (χ1) is 8.99. The third-order valence-corrected chi connectivity index (χ3v) is 3.34. The number of hydrogen-bond donors (Lipinski definition) is 2. The molecule has 102 valence electrons. The topological polar surface area (TPSA) is 62.4 Å². The van der Waals surface area contributed by atoms with E-state index in [0.29, 0.717) is 0 Å². The van der Waals surface area contributed by atoms with E-state index in [0.717, 1.165) is 40.8 Å². The second-order valence-corrected chi connectivity index (χ2v) is 5.10. The monoisotopic (exact) mass is 259 g/mol. The minimum absolute atomic E-state index is 0.286. The van der Waals surface area contributed by atoms with Crippen LogP contribution in [0.1, 0.15) is 19.0 Å². The van der Waals surface area contributed by atoms with Crippen LogP contribution in [-0.4, -0.2) is 29.8 Å². The van der Waals surface area contributed by atoms with Crippen LogP contribution in [0.2, 0.25) is 0 Å². The molecule has 0 saturated carbocycles. The summed E-state index contributed by atoms with van der Waals surface area (Å²) >= 11 is 0. The smallest absolute Gasteiger partial charge is 0.0528 e. The van der Waals surface area contributed by atoms with E-state index < -0.39 is 0 Å². The van der Waals surface area contributed by atoms with Gasteiger partial charge in [0, 0.05) is 47.6 Å². The van der Waals surface area contributed by atoms with E-state index in [1.807, 2.05) is 39.2 Å². The number of aromatic nitrogens is 1. The number of nitrogen functional groups attached to an aromatic ring is 1. The Bertz CT molecular complexity index is 581. The highest BCUT2D eigenvalue weighted by Crippen LogP contribution is 2.30. The van der Waals surface area contributed by atoms with Gasteiger partial charge in [-0.15, -0.1) is 0 Å². The molecule has 0 aliphatic carbocycles. The van der Waals surface area contributed by atoms with Crippen molar-refractivity contribution in [1.82, 2.24) is 4.98 Å². The first-order valence-corrected chi connectivity index (χ1v) is 6.53. The Kier molecular flexibility index (Phi) is 3.90. The van der Waals surface area contributed by atoms with Crippen molar-refractivity contribution < 1.29 is 5.11 Å². The van der Waals surface area contributed by atoms with Gasteiger partial charge in [-0.2, -0.15) is 0 Å². The summed E-state index contributed by atoms with van der Waals surface area (Å²) in [7, 11) is 2.03. The van der Waals surface area contributed by atoms with E-state index >= 15 is 0 Å². The standard InChI is InChI=1S/C15H21N3O/c1-10-8-12-13(9-17-10)14(16)4-5-15(12)18(3)7-6-11(2)19/h4-5,8-9,11,19H,6-7,16H2,1-3H3. The summed E-state index contributed by atoms with van der Waals surface area (Å²) in [6, 6.07) is 5.99. The predicted molar refractivity (Wildman–Crippen MR) is 80.5 cm³/mol. The molecule has 1 aromatic carbocycles. The zero-order valence-corrected chi connectivity index (χ0v) is 11.7. The number of benzene rings is 1.